The molecule has 1 rings (SSSR count). The van der Waals surface area contributed by atoms with Gasteiger partial charge in [-0.05, 0) is 31.0 Å². The summed E-state index contributed by atoms with van der Waals surface area (Å²) in [4.78, 5) is 0. The Morgan fingerprint density at radius 1 is 1.33 bits per heavy atom. The summed E-state index contributed by atoms with van der Waals surface area (Å²) >= 11 is 0. The molecule has 0 fully saturated rings. The Kier molecular flexibility index (Phi) is 6.91. The van der Waals surface area contributed by atoms with Crippen LogP contribution in [0.4, 0.5) is 4.39 Å². The molecule has 2 N–H and O–H groups in total. The first-order valence-electron chi connectivity index (χ1n) is 6.80. The van der Waals surface area contributed by atoms with Crippen LogP contribution in [0.15, 0.2) is 24.3 Å². The Hall–Kier alpha value is -0.930. The highest BCUT2D eigenvalue weighted by Crippen LogP contribution is 2.13. The minimum absolute atomic E-state index is 0.303. The van der Waals surface area contributed by atoms with Gasteiger partial charge in [-0.15, -0.1) is 0 Å². The smallest absolute Gasteiger partial charge is 0.123 e. The summed E-state index contributed by atoms with van der Waals surface area (Å²) in [5, 5.41) is 13.2. The molecule has 1 aromatic carbocycles. The van der Waals surface area contributed by atoms with E-state index in [9.17, 15) is 9.50 Å². The third-order valence-electron chi connectivity index (χ3n) is 3.13. The standard InChI is InChI=1S/C15H24FNO/c1-3-4-5-7-12(2)17-11-15(18)13-8-6-9-14(16)10-13/h6,8-10,12,15,17-18H,3-5,7,11H2,1-2H3. The molecule has 18 heavy (non-hydrogen) atoms. The number of unbranched alkanes of at least 4 members (excludes halogenated alkanes) is 2. The zero-order valence-corrected chi connectivity index (χ0v) is 11.3. The highest BCUT2D eigenvalue weighted by atomic mass is 19.1. The Bertz CT molecular complexity index is 343. The summed E-state index contributed by atoms with van der Waals surface area (Å²) in [5.74, 6) is -0.303. The lowest BCUT2D eigenvalue weighted by molar-refractivity contribution is 0.169. The predicted molar refractivity (Wildman–Crippen MR) is 73.0 cm³/mol. The maximum absolute atomic E-state index is 13.0. The molecule has 0 spiro atoms. The fourth-order valence-corrected chi connectivity index (χ4v) is 1.95. The largest absolute Gasteiger partial charge is 0.387 e. The van der Waals surface area contributed by atoms with E-state index in [4.69, 9.17) is 0 Å². The second kappa shape index (κ2) is 8.22. The van der Waals surface area contributed by atoms with Gasteiger partial charge in [-0.2, -0.15) is 0 Å². The number of rotatable bonds is 8. The zero-order chi connectivity index (χ0) is 13.4. The van der Waals surface area contributed by atoms with Crippen LogP contribution >= 0.6 is 0 Å². The van der Waals surface area contributed by atoms with Gasteiger partial charge in [0, 0.05) is 12.6 Å². The summed E-state index contributed by atoms with van der Waals surface area (Å²) in [6, 6.07) is 6.53. The van der Waals surface area contributed by atoms with Crippen LogP contribution in [0.25, 0.3) is 0 Å². The highest BCUT2D eigenvalue weighted by molar-refractivity contribution is 5.18. The van der Waals surface area contributed by atoms with Crippen LogP contribution in [0.5, 0.6) is 0 Å². The number of aliphatic hydroxyl groups excluding tert-OH is 1. The lowest BCUT2D eigenvalue weighted by Gasteiger charge is -2.17. The fraction of sp³-hybridized carbons (Fsp3) is 0.600. The van der Waals surface area contributed by atoms with E-state index >= 15 is 0 Å². The Morgan fingerprint density at radius 2 is 2.11 bits per heavy atom. The number of hydrogen-bond donors (Lipinski definition) is 2. The van der Waals surface area contributed by atoms with Crippen molar-refractivity contribution in [1.82, 2.24) is 5.32 Å². The molecule has 0 aromatic heterocycles. The van der Waals surface area contributed by atoms with Crippen LogP contribution in [0.3, 0.4) is 0 Å². The normalized spacial score (nSPS) is 14.4. The maximum atomic E-state index is 13.0. The minimum Gasteiger partial charge on any atom is -0.387 e. The van der Waals surface area contributed by atoms with Gasteiger partial charge in [-0.3, -0.25) is 0 Å². The Labute approximate surface area is 109 Å². The van der Waals surface area contributed by atoms with Crippen LogP contribution in [-0.2, 0) is 0 Å². The van der Waals surface area contributed by atoms with E-state index in [0.29, 0.717) is 18.2 Å². The van der Waals surface area contributed by atoms with Crippen LogP contribution in [-0.4, -0.2) is 17.7 Å². The molecule has 102 valence electrons. The lowest BCUT2D eigenvalue weighted by Crippen LogP contribution is -2.30. The van der Waals surface area contributed by atoms with E-state index < -0.39 is 6.10 Å². The molecule has 3 heteroatoms. The van der Waals surface area contributed by atoms with Crippen LogP contribution in [0.2, 0.25) is 0 Å². The molecule has 0 heterocycles. The quantitative estimate of drug-likeness (QED) is 0.696. The average molecular weight is 253 g/mol. The highest BCUT2D eigenvalue weighted by Gasteiger charge is 2.09. The molecule has 1 aromatic rings. The van der Waals surface area contributed by atoms with Crippen molar-refractivity contribution < 1.29 is 9.50 Å². The van der Waals surface area contributed by atoms with E-state index in [-0.39, 0.29) is 5.82 Å². The Balaban J connectivity index is 2.30. The van der Waals surface area contributed by atoms with Crippen molar-refractivity contribution in [3.8, 4) is 0 Å². The van der Waals surface area contributed by atoms with Gasteiger partial charge in [0.05, 0.1) is 6.10 Å². The van der Waals surface area contributed by atoms with Gasteiger partial charge >= 0.3 is 0 Å². The molecule has 0 aliphatic heterocycles. The van der Waals surface area contributed by atoms with Crippen molar-refractivity contribution in [2.24, 2.45) is 0 Å². The molecule has 0 aliphatic rings. The molecular formula is C15H24FNO. The van der Waals surface area contributed by atoms with Gasteiger partial charge in [0.1, 0.15) is 5.82 Å². The van der Waals surface area contributed by atoms with Crippen LogP contribution < -0.4 is 5.32 Å². The van der Waals surface area contributed by atoms with E-state index in [0.717, 1.165) is 6.42 Å². The van der Waals surface area contributed by atoms with Crippen molar-refractivity contribution in [2.45, 2.75) is 51.7 Å². The number of halogens is 1. The first-order valence-corrected chi connectivity index (χ1v) is 6.80. The number of aliphatic hydroxyl groups is 1. The van der Waals surface area contributed by atoms with Crippen molar-refractivity contribution in [3.05, 3.63) is 35.6 Å². The molecule has 2 atom stereocenters. The van der Waals surface area contributed by atoms with Crippen LogP contribution in [0.1, 0.15) is 51.2 Å². The minimum atomic E-state index is -0.644. The zero-order valence-electron chi connectivity index (χ0n) is 11.3. The fourth-order valence-electron chi connectivity index (χ4n) is 1.95. The molecule has 0 radical (unpaired) electrons. The molecule has 0 amide bonds. The summed E-state index contributed by atoms with van der Waals surface area (Å²) in [7, 11) is 0. The van der Waals surface area contributed by atoms with E-state index in [2.05, 4.69) is 19.2 Å². The second-order valence-corrected chi connectivity index (χ2v) is 4.88. The van der Waals surface area contributed by atoms with Crippen LogP contribution in [0, 0.1) is 5.82 Å². The first kappa shape index (κ1) is 15.1. The van der Waals surface area contributed by atoms with Gasteiger partial charge in [0.15, 0.2) is 0 Å². The van der Waals surface area contributed by atoms with Crippen molar-refractivity contribution in [1.29, 1.82) is 0 Å². The monoisotopic (exact) mass is 253 g/mol. The molecule has 2 nitrogen and oxygen atoms in total. The van der Waals surface area contributed by atoms with E-state index in [1.165, 1.54) is 31.4 Å². The molecule has 0 bridgehead atoms. The van der Waals surface area contributed by atoms with Gasteiger partial charge in [-0.1, -0.05) is 38.3 Å². The number of benzene rings is 1. The van der Waals surface area contributed by atoms with Gasteiger partial charge in [0.2, 0.25) is 0 Å². The summed E-state index contributed by atoms with van der Waals surface area (Å²) in [6.07, 6.45) is 4.15. The third kappa shape index (κ3) is 5.61. The van der Waals surface area contributed by atoms with Gasteiger partial charge < -0.3 is 10.4 Å². The number of hydrogen-bond acceptors (Lipinski definition) is 2. The molecular weight excluding hydrogens is 229 g/mol. The topological polar surface area (TPSA) is 32.3 Å². The SMILES string of the molecule is CCCCCC(C)NCC(O)c1cccc(F)c1. The van der Waals surface area contributed by atoms with Gasteiger partial charge in [0.25, 0.3) is 0 Å². The molecule has 0 saturated heterocycles. The van der Waals surface area contributed by atoms with Crippen molar-refractivity contribution >= 4 is 0 Å². The molecule has 2 unspecified atom stereocenters. The lowest BCUT2D eigenvalue weighted by atomic mass is 10.1. The predicted octanol–water partition coefficient (Wildman–Crippen LogP) is 3.42. The summed E-state index contributed by atoms with van der Waals surface area (Å²) in [5.41, 5.74) is 0.628. The second-order valence-electron chi connectivity index (χ2n) is 4.88. The van der Waals surface area contributed by atoms with E-state index in [1.54, 1.807) is 12.1 Å². The molecule has 0 saturated carbocycles. The average Bonchev–Trinajstić information content (AvgIpc) is 2.36. The Morgan fingerprint density at radius 3 is 2.78 bits per heavy atom. The number of nitrogens with one attached hydrogen (secondary N) is 1. The van der Waals surface area contributed by atoms with Crippen molar-refractivity contribution in [3.63, 3.8) is 0 Å². The van der Waals surface area contributed by atoms with E-state index in [1.807, 2.05) is 0 Å². The van der Waals surface area contributed by atoms with Gasteiger partial charge in [-0.25, -0.2) is 4.39 Å². The van der Waals surface area contributed by atoms with Crippen molar-refractivity contribution in [2.75, 3.05) is 6.54 Å². The third-order valence-corrected chi connectivity index (χ3v) is 3.13. The summed E-state index contributed by atoms with van der Waals surface area (Å²) < 4.78 is 13.0. The summed E-state index contributed by atoms with van der Waals surface area (Å²) in [6.45, 7) is 4.77. The maximum Gasteiger partial charge on any atom is 0.123 e. The first-order chi connectivity index (χ1) is 8.63. The molecule has 0 aliphatic carbocycles.